The standard InChI is InChI=1S/C9H21N.C2H6/c1-4-5-6-7-8-9-10(2)3;1-2/h4-9H2,1-3H3;1-2H3. The summed E-state index contributed by atoms with van der Waals surface area (Å²) in [4.78, 5) is 2.26. The predicted molar refractivity (Wildman–Crippen MR) is 58.7 cm³/mol. The normalized spacial score (nSPS) is 9.50. The van der Waals surface area contributed by atoms with Crippen LogP contribution in [0.2, 0.25) is 0 Å². The summed E-state index contributed by atoms with van der Waals surface area (Å²) in [5.41, 5.74) is 0. The van der Waals surface area contributed by atoms with Crippen molar-refractivity contribution in [2.24, 2.45) is 0 Å². The van der Waals surface area contributed by atoms with Crippen molar-refractivity contribution in [1.29, 1.82) is 0 Å². The van der Waals surface area contributed by atoms with Crippen LogP contribution < -0.4 is 0 Å². The van der Waals surface area contributed by atoms with E-state index in [2.05, 4.69) is 25.9 Å². The van der Waals surface area contributed by atoms with Crippen molar-refractivity contribution in [3.63, 3.8) is 0 Å². The molecule has 12 heavy (non-hydrogen) atoms. The van der Waals surface area contributed by atoms with Gasteiger partial charge in [0.15, 0.2) is 0 Å². The van der Waals surface area contributed by atoms with Gasteiger partial charge in [0.2, 0.25) is 0 Å². The van der Waals surface area contributed by atoms with Crippen molar-refractivity contribution in [3.05, 3.63) is 0 Å². The predicted octanol–water partition coefficient (Wildman–Crippen LogP) is 3.54. The minimum Gasteiger partial charge on any atom is -0.309 e. The molecule has 0 aliphatic carbocycles. The molecule has 0 aromatic rings. The van der Waals surface area contributed by atoms with E-state index in [0.717, 1.165) is 0 Å². The molecular formula is C11H27N. The highest BCUT2D eigenvalue weighted by molar-refractivity contribution is 4.45. The highest BCUT2D eigenvalue weighted by Crippen LogP contribution is 2.01. The molecule has 0 saturated heterocycles. The molecule has 0 radical (unpaired) electrons. The molecule has 0 saturated carbocycles. The minimum absolute atomic E-state index is 1.25. The van der Waals surface area contributed by atoms with Crippen molar-refractivity contribution in [1.82, 2.24) is 4.90 Å². The summed E-state index contributed by atoms with van der Waals surface area (Å²) in [6, 6.07) is 0. The Morgan fingerprint density at radius 3 is 1.75 bits per heavy atom. The Morgan fingerprint density at radius 2 is 1.33 bits per heavy atom. The van der Waals surface area contributed by atoms with Crippen LogP contribution in [0.4, 0.5) is 0 Å². The smallest absolute Gasteiger partial charge is 0.00248 e. The third-order valence-corrected chi connectivity index (χ3v) is 1.71. The van der Waals surface area contributed by atoms with E-state index in [1.165, 1.54) is 38.6 Å². The third-order valence-electron chi connectivity index (χ3n) is 1.71. The Kier molecular flexibility index (Phi) is 16.3. The first-order chi connectivity index (χ1) is 5.77. The Morgan fingerprint density at radius 1 is 0.833 bits per heavy atom. The first-order valence-corrected chi connectivity index (χ1v) is 5.42. The molecule has 1 heteroatoms. The van der Waals surface area contributed by atoms with E-state index in [4.69, 9.17) is 0 Å². The molecule has 1 nitrogen and oxygen atoms in total. The molecule has 0 bridgehead atoms. The van der Waals surface area contributed by atoms with Crippen molar-refractivity contribution in [2.75, 3.05) is 20.6 Å². The van der Waals surface area contributed by atoms with Crippen LogP contribution in [0.15, 0.2) is 0 Å². The summed E-state index contributed by atoms with van der Waals surface area (Å²) >= 11 is 0. The average molecular weight is 173 g/mol. The lowest BCUT2D eigenvalue weighted by Crippen LogP contribution is -2.12. The van der Waals surface area contributed by atoms with Gasteiger partial charge in [0.05, 0.1) is 0 Å². The first-order valence-electron chi connectivity index (χ1n) is 5.42. The van der Waals surface area contributed by atoms with Gasteiger partial charge in [0, 0.05) is 0 Å². The van der Waals surface area contributed by atoms with Gasteiger partial charge in [-0.15, -0.1) is 0 Å². The molecule has 0 fully saturated rings. The average Bonchev–Trinajstić information content (AvgIpc) is 2.07. The van der Waals surface area contributed by atoms with Gasteiger partial charge < -0.3 is 4.90 Å². The van der Waals surface area contributed by atoms with E-state index in [0.29, 0.717) is 0 Å². The van der Waals surface area contributed by atoms with Crippen LogP contribution >= 0.6 is 0 Å². The summed E-state index contributed by atoms with van der Waals surface area (Å²) < 4.78 is 0. The minimum atomic E-state index is 1.25. The summed E-state index contributed by atoms with van der Waals surface area (Å²) in [5, 5.41) is 0. The lowest BCUT2D eigenvalue weighted by atomic mass is 10.1. The summed E-state index contributed by atoms with van der Waals surface area (Å²) in [6.45, 7) is 7.51. The second-order valence-corrected chi connectivity index (χ2v) is 3.22. The zero-order valence-corrected chi connectivity index (χ0v) is 9.69. The highest BCUT2D eigenvalue weighted by Gasteiger charge is 1.89. The Labute approximate surface area is 79.2 Å². The molecule has 0 aromatic heterocycles. The fourth-order valence-electron chi connectivity index (χ4n) is 1.03. The third kappa shape index (κ3) is 16.5. The van der Waals surface area contributed by atoms with Crippen molar-refractivity contribution < 1.29 is 0 Å². The van der Waals surface area contributed by atoms with Crippen LogP contribution in [0.5, 0.6) is 0 Å². The molecule has 0 unspecified atom stereocenters. The molecule has 0 aliphatic heterocycles. The van der Waals surface area contributed by atoms with Gasteiger partial charge >= 0.3 is 0 Å². The number of unbranched alkanes of at least 4 members (excludes halogenated alkanes) is 4. The van der Waals surface area contributed by atoms with Gasteiger partial charge in [-0.25, -0.2) is 0 Å². The van der Waals surface area contributed by atoms with E-state index in [1.807, 2.05) is 13.8 Å². The fourth-order valence-corrected chi connectivity index (χ4v) is 1.03. The zero-order valence-electron chi connectivity index (χ0n) is 9.69. The van der Waals surface area contributed by atoms with Gasteiger partial charge in [-0.1, -0.05) is 46.5 Å². The van der Waals surface area contributed by atoms with E-state index >= 15 is 0 Å². The van der Waals surface area contributed by atoms with Crippen LogP contribution in [-0.2, 0) is 0 Å². The molecule has 0 rings (SSSR count). The molecule has 0 aromatic carbocycles. The van der Waals surface area contributed by atoms with Crippen LogP contribution in [0.1, 0.15) is 52.9 Å². The van der Waals surface area contributed by atoms with Gasteiger partial charge in [0.25, 0.3) is 0 Å². The molecule has 0 atom stereocenters. The lowest BCUT2D eigenvalue weighted by Gasteiger charge is -2.07. The molecular weight excluding hydrogens is 146 g/mol. The van der Waals surface area contributed by atoms with Gasteiger partial charge in [-0.3, -0.25) is 0 Å². The van der Waals surface area contributed by atoms with Crippen LogP contribution in [0.3, 0.4) is 0 Å². The van der Waals surface area contributed by atoms with Crippen molar-refractivity contribution >= 4 is 0 Å². The summed E-state index contributed by atoms with van der Waals surface area (Å²) in [7, 11) is 4.28. The topological polar surface area (TPSA) is 3.24 Å². The second-order valence-electron chi connectivity index (χ2n) is 3.22. The Balaban J connectivity index is 0. The van der Waals surface area contributed by atoms with Crippen molar-refractivity contribution in [3.8, 4) is 0 Å². The number of rotatable bonds is 6. The molecule has 0 aliphatic rings. The number of nitrogens with zero attached hydrogens (tertiary/aromatic N) is 1. The quantitative estimate of drug-likeness (QED) is 0.555. The maximum absolute atomic E-state index is 2.26. The number of hydrogen-bond acceptors (Lipinski definition) is 1. The maximum atomic E-state index is 2.26. The first kappa shape index (κ1) is 14.5. The van der Waals surface area contributed by atoms with Gasteiger partial charge in [0.1, 0.15) is 0 Å². The highest BCUT2D eigenvalue weighted by atomic mass is 15.0. The zero-order chi connectivity index (χ0) is 9.82. The fraction of sp³-hybridized carbons (Fsp3) is 1.00. The summed E-state index contributed by atoms with van der Waals surface area (Å²) in [6.07, 6.45) is 6.96. The van der Waals surface area contributed by atoms with Crippen LogP contribution in [-0.4, -0.2) is 25.5 Å². The molecule has 0 amide bonds. The van der Waals surface area contributed by atoms with Crippen molar-refractivity contribution in [2.45, 2.75) is 52.9 Å². The lowest BCUT2D eigenvalue weighted by molar-refractivity contribution is 0.390. The Hall–Kier alpha value is -0.0400. The van der Waals surface area contributed by atoms with Gasteiger partial charge in [-0.2, -0.15) is 0 Å². The Bertz CT molecular complexity index is 60.0. The van der Waals surface area contributed by atoms with E-state index in [1.54, 1.807) is 0 Å². The van der Waals surface area contributed by atoms with Crippen LogP contribution in [0, 0.1) is 0 Å². The molecule has 0 spiro atoms. The molecule has 76 valence electrons. The van der Waals surface area contributed by atoms with E-state index < -0.39 is 0 Å². The maximum Gasteiger partial charge on any atom is -0.00248 e. The molecule has 0 heterocycles. The van der Waals surface area contributed by atoms with E-state index in [9.17, 15) is 0 Å². The number of hydrogen-bond donors (Lipinski definition) is 0. The SMILES string of the molecule is CC.CCCCCCCN(C)C. The monoisotopic (exact) mass is 173 g/mol. The molecule has 0 N–H and O–H groups in total. The van der Waals surface area contributed by atoms with Crippen LogP contribution in [0.25, 0.3) is 0 Å². The summed E-state index contributed by atoms with van der Waals surface area (Å²) in [5.74, 6) is 0. The van der Waals surface area contributed by atoms with E-state index in [-0.39, 0.29) is 0 Å². The largest absolute Gasteiger partial charge is 0.309 e. The second kappa shape index (κ2) is 13.5. The van der Waals surface area contributed by atoms with Gasteiger partial charge in [-0.05, 0) is 27.1 Å².